The van der Waals surface area contributed by atoms with Gasteiger partial charge in [-0.05, 0) is 37.3 Å². The second kappa shape index (κ2) is 7.15. The van der Waals surface area contributed by atoms with Gasteiger partial charge < -0.3 is 5.73 Å². The fraction of sp³-hybridized carbons (Fsp3) is 0.143. The van der Waals surface area contributed by atoms with Crippen molar-refractivity contribution in [2.75, 3.05) is 4.90 Å². The average Bonchev–Trinajstić information content (AvgIpc) is 3.02. The third-order valence-electron chi connectivity index (χ3n) is 4.78. The Morgan fingerprint density at radius 1 is 1.10 bits per heavy atom. The van der Waals surface area contributed by atoms with E-state index < -0.39 is 29.4 Å². The number of primary amides is 1. The number of amides is 2. The molecular weight excluding hydrogens is 416 g/mol. The van der Waals surface area contributed by atoms with Crippen LogP contribution in [0.15, 0.2) is 42.5 Å². The largest absolute Gasteiger partial charge is 0.416 e. The number of aryl methyl sites for hydroxylation is 1. The highest BCUT2D eigenvalue weighted by Gasteiger charge is 2.36. The molecular formula is C21H14F4N4O2. The molecule has 0 spiro atoms. The van der Waals surface area contributed by atoms with Crippen LogP contribution in [-0.4, -0.2) is 21.8 Å². The van der Waals surface area contributed by atoms with Crippen molar-refractivity contribution in [1.82, 2.24) is 9.97 Å². The molecule has 1 aromatic heterocycles. The zero-order valence-electron chi connectivity index (χ0n) is 16.0. The minimum atomic E-state index is -4.80. The summed E-state index contributed by atoms with van der Waals surface area (Å²) >= 11 is 0. The first-order valence-electron chi connectivity index (χ1n) is 9.03. The third kappa shape index (κ3) is 3.72. The zero-order chi connectivity index (χ0) is 22.5. The highest BCUT2D eigenvalue weighted by molar-refractivity contribution is 6.09. The fourth-order valence-corrected chi connectivity index (χ4v) is 3.34. The summed E-state index contributed by atoms with van der Waals surface area (Å²) in [7, 11) is 0. The van der Waals surface area contributed by atoms with Crippen LogP contribution in [0.3, 0.4) is 0 Å². The van der Waals surface area contributed by atoms with Gasteiger partial charge in [-0.25, -0.2) is 14.4 Å². The van der Waals surface area contributed by atoms with Crippen LogP contribution < -0.4 is 10.6 Å². The van der Waals surface area contributed by atoms with Crippen molar-refractivity contribution in [3.63, 3.8) is 0 Å². The summed E-state index contributed by atoms with van der Waals surface area (Å²) in [6, 6.07) is 8.68. The zero-order valence-corrected chi connectivity index (χ0v) is 16.0. The number of hydrogen-bond donors (Lipinski definition) is 1. The Morgan fingerprint density at radius 2 is 1.77 bits per heavy atom. The van der Waals surface area contributed by atoms with Gasteiger partial charge in [0.25, 0.3) is 5.91 Å². The van der Waals surface area contributed by atoms with E-state index >= 15 is 0 Å². The lowest BCUT2D eigenvalue weighted by Gasteiger charge is -2.18. The second-order valence-electron chi connectivity index (χ2n) is 7.03. The molecule has 2 amide bonds. The van der Waals surface area contributed by atoms with E-state index in [0.29, 0.717) is 17.8 Å². The van der Waals surface area contributed by atoms with Crippen molar-refractivity contribution in [3.05, 3.63) is 70.7 Å². The molecule has 0 fully saturated rings. The van der Waals surface area contributed by atoms with Gasteiger partial charge in [0.15, 0.2) is 5.82 Å². The fourth-order valence-electron chi connectivity index (χ4n) is 3.34. The first-order valence-corrected chi connectivity index (χ1v) is 9.03. The molecule has 10 heteroatoms. The summed E-state index contributed by atoms with van der Waals surface area (Å²) in [6.07, 6.45) is -5.01. The normalized spacial score (nSPS) is 13.5. The average molecular weight is 430 g/mol. The number of rotatable bonds is 3. The molecule has 2 heterocycles. The number of fused-ring (bicyclic) bond motifs is 1. The molecule has 0 radical (unpaired) electrons. The molecule has 31 heavy (non-hydrogen) atoms. The van der Waals surface area contributed by atoms with Crippen LogP contribution in [0.2, 0.25) is 0 Å². The van der Waals surface area contributed by atoms with Gasteiger partial charge in [-0.15, -0.1) is 0 Å². The number of carbonyl (C=O) groups is 2. The second-order valence-corrected chi connectivity index (χ2v) is 7.03. The summed E-state index contributed by atoms with van der Waals surface area (Å²) in [5.41, 5.74) is 5.10. The molecule has 0 unspecified atom stereocenters. The predicted octanol–water partition coefficient (Wildman–Crippen LogP) is 3.93. The summed E-state index contributed by atoms with van der Waals surface area (Å²) in [6.45, 7) is 1.86. The van der Waals surface area contributed by atoms with E-state index in [4.69, 9.17) is 5.73 Å². The Kier molecular flexibility index (Phi) is 4.72. The van der Waals surface area contributed by atoms with Gasteiger partial charge in [0, 0.05) is 11.1 Å². The van der Waals surface area contributed by atoms with Crippen molar-refractivity contribution in [3.8, 4) is 11.4 Å². The molecule has 3 aromatic rings. The van der Waals surface area contributed by atoms with E-state index in [2.05, 4.69) is 9.97 Å². The number of anilines is 2. The van der Waals surface area contributed by atoms with Crippen molar-refractivity contribution >= 4 is 23.3 Å². The van der Waals surface area contributed by atoms with Gasteiger partial charge >= 0.3 is 6.18 Å². The molecule has 0 bridgehead atoms. The van der Waals surface area contributed by atoms with E-state index in [1.54, 1.807) is 24.3 Å². The monoisotopic (exact) mass is 430 g/mol. The Bertz CT molecular complexity index is 1220. The molecule has 0 saturated heterocycles. The van der Waals surface area contributed by atoms with E-state index in [1.165, 1.54) is 4.90 Å². The third-order valence-corrected chi connectivity index (χ3v) is 4.78. The van der Waals surface area contributed by atoms with Crippen molar-refractivity contribution in [2.45, 2.75) is 19.5 Å². The van der Waals surface area contributed by atoms with Gasteiger partial charge in [-0.2, -0.15) is 13.2 Å². The van der Waals surface area contributed by atoms with Crippen LogP contribution in [0.4, 0.5) is 29.1 Å². The number of nitrogens with zero attached hydrogens (tertiary/aromatic N) is 3. The molecule has 6 nitrogen and oxygen atoms in total. The molecule has 1 aliphatic rings. The number of alkyl halides is 3. The van der Waals surface area contributed by atoms with E-state index in [0.717, 1.165) is 11.6 Å². The van der Waals surface area contributed by atoms with Gasteiger partial charge in [0.05, 0.1) is 17.7 Å². The van der Waals surface area contributed by atoms with E-state index in [1.807, 2.05) is 6.92 Å². The number of nitrogens with two attached hydrogens (primary N) is 1. The van der Waals surface area contributed by atoms with Crippen LogP contribution in [0.25, 0.3) is 11.4 Å². The molecule has 0 atom stereocenters. The maximum absolute atomic E-state index is 13.9. The van der Waals surface area contributed by atoms with Gasteiger partial charge in [0.1, 0.15) is 17.3 Å². The number of halogens is 4. The number of benzene rings is 2. The quantitative estimate of drug-likeness (QED) is 0.638. The van der Waals surface area contributed by atoms with Gasteiger partial charge in [-0.1, -0.05) is 17.7 Å². The van der Waals surface area contributed by atoms with E-state index in [-0.39, 0.29) is 34.9 Å². The number of carbonyl (C=O) groups excluding carboxylic acids is 2. The first kappa shape index (κ1) is 20.5. The lowest BCUT2D eigenvalue weighted by atomic mass is 10.1. The maximum Gasteiger partial charge on any atom is 0.416 e. The van der Waals surface area contributed by atoms with Crippen molar-refractivity contribution < 1.29 is 27.2 Å². The minimum Gasteiger partial charge on any atom is -0.364 e. The minimum absolute atomic E-state index is 0.0190. The Morgan fingerprint density at radius 3 is 2.39 bits per heavy atom. The van der Waals surface area contributed by atoms with Crippen LogP contribution in [0.5, 0.6) is 0 Å². The highest BCUT2D eigenvalue weighted by Crippen LogP contribution is 2.38. The highest BCUT2D eigenvalue weighted by atomic mass is 19.4. The smallest absolute Gasteiger partial charge is 0.364 e. The molecule has 4 rings (SSSR count). The Labute approximate surface area is 173 Å². The van der Waals surface area contributed by atoms with Crippen LogP contribution in [0, 0.1) is 12.7 Å². The summed E-state index contributed by atoms with van der Waals surface area (Å²) in [5, 5.41) is 0. The molecule has 1 aliphatic heterocycles. The molecule has 2 aromatic carbocycles. The summed E-state index contributed by atoms with van der Waals surface area (Å²) < 4.78 is 53.3. The van der Waals surface area contributed by atoms with E-state index in [9.17, 15) is 27.2 Å². The number of hydrogen-bond acceptors (Lipinski definition) is 4. The standard InChI is InChI=1S/C21H14F4N4O2/c1-10-2-4-14(5-3-10)29-16(30)9-15-17(18(26)31)27-19(28-20(15)29)11-6-12(21(23,24)25)8-13(22)7-11/h2-8H,9H2,1H3,(H2,26,31). The molecule has 0 saturated carbocycles. The van der Waals surface area contributed by atoms with Gasteiger partial charge in [-0.3, -0.25) is 14.5 Å². The SMILES string of the molecule is Cc1ccc(N2C(=O)Cc3c(C(N)=O)nc(-c4cc(F)cc(C(F)(F)F)c4)nc32)cc1. The number of aromatic nitrogens is 2. The molecule has 0 aliphatic carbocycles. The van der Waals surface area contributed by atoms with Crippen LogP contribution in [0.1, 0.15) is 27.2 Å². The Hall–Kier alpha value is -3.82. The summed E-state index contributed by atoms with van der Waals surface area (Å²) in [4.78, 5) is 34.1. The topological polar surface area (TPSA) is 89.2 Å². The van der Waals surface area contributed by atoms with Crippen LogP contribution in [-0.2, 0) is 17.4 Å². The van der Waals surface area contributed by atoms with Crippen molar-refractivity contribution in [1.29, 1.82) is 0 Å². The first-order chi connectivity index (χ1) is 14.5. The van der Waals surface area contributed by atoms with Crippen LogP contribution >= 0.6 is 0 Å². The molecule has 2 N–H and O–H groups in total. The lowest BCUT2D eigenvalue weighted by molar-refractivity contribution is -0.137. The predicted molar refractivity (Wildman–Crippen MR) is 103 cm³/mol. The van der Waals surface area contributed by atoms with Gasteiger partial charge in [0.2, 0.25) is 5.91 Å². The Balaban J connectivity index is 1.93. The lowest BCUT2D eigenvalue weighted by Crippen LogP contribution is -2.21. The van der Waals surface area contributed by atoms with Crippen molar-refractivity contribution in [2.24, 2.45) is 5.73 Å². The molecule has 158 valence electrons. The summed E-state index contributed by atoms with van der Waals surface area (Å²) in [5.74, 6) is -2.88. The maximum atomic E-state index is 13.9.